The van der Waals surface area contributed by atoms with Gasteiger partial charge in [-0.15, -0.1) is 0 Å². The molecule has 3 N–H and O–H groups in total. The number of pyridine rings is 1. The van der Waals surface area contributed by atoms with Crippen LogP contribution in [0.5, 0.6) is 5.75 Å². The quantitative estimate of drug-likeness (QED) is 0.409. The molecule has 9 nitrogen and oxygen atoms in total. The van der Waals surface area contributed by atoms with E-state index in [2.05, 4.69) is 25.6 Å². The van der Waals surface area contributed by atoms with Crippen LogP contribution in [0, 0.1) is 5.92 Å². The summed E-state index contributed by atoms with van der Waals surface area (Å²) >= 11 is 6.57. The second-order valence-corrected chi connectivity index (χ2v) is 9.76. The van der Waals surface area contributed by atoms with Crippen LogP contribution in [-0.2, 0) is 4.79 Å². The Hall–Kier alpha value is -3.17. The van der Waals surface area contributed by atoms with Crippen LogP contribution in [0.3, 0.4) is 0 Å². The summed E-state index contributed by atoms with van der Waals surface area (Å²) in [6, 6.07) is 7.42. The molecule has 2 fully saturated rings. The fraction of sp³-hybridized carbons (Fsp3) is 0.462. The lowest BCUT2D eigenvalue weighted by molar-refractivity contribution is -0.137. The van der Waals surface area contributed by atoms with Crippen molar-refractivity contribution in [3.05, 3.63) is 41.8 Å². The Bertz CT molecular complexity index is 1210. The number of anilines is 3. The third-order valence-corrected chi connectivity index (χ3v) is 7.18. The number of piperidine rings is 1. The van der Waals surface area contributed by atoms with Crippen molar-refractivity contribution in [2.75, 3.05) is 36.9 Å². The molecule has 0 unspecified atom stereocenters. The van der Waals surface area contributed by atoms with Crippen molar-refractivity contribution in [3.63, 3.8) is 0 Å². The molecule has 1 aromatic carbocycles. The first-order valence-corrected chi connectivity index (χ1v) is 13.0. The average molecular weight is 511 g/mol. The molecule has 190 valence electrons. The summed E-state index contributed by atoms with van der Waals surface area (Å²) in [4.78, 5) is 27.7. The smallest absolute Gasteiger partial charge is 0.225 e. The van der Waals surface area contributed by atoms with Crippen LogP contribution in [0.1, 0.15) is 38.5 Å². The topological polar surface area (TPSA) is 112 Å². The molecule has 5 rings (SSSR count). The summed E-state index contributed by atoms with van der Waals surface area (Å²) in [6.45, 7) is 1.90. The van der Waals surface area contributed by atoms with Gasteiger partial charge in [0.15, 0.2) is 0 Å². The van der Waals surface area contributed by atoms with Crippen LogP contribution in [0.15, 0.2) is 36.8 Å². The zero-order valence-electron chi connectivity index (χ0n) is 20.1. The average Bonchev–Trinajstić information content (AvgIpc) is 3.44. The summed E-state index contributed by atoms with van der Waals surface area (Å²) in [5.74, 6) is 2.44. The third kappa shape index (κ3) is 5.63. The highest BCUT2D eigenvalue weighted by Gasteiger charge is 2.30. The van der Waals surface area contributed by atoms with Gasteiger partial charge in [0.05, 0.1) is 23.3 Å². The van der Waals surface area contributed by atoms with E-state index < -0.39 is 0 Å². The number of benzene rings is 1. The maximum atomic E-state index is 12.7. The number of halogens is 1. The van der Waals surface area contributed by atoms with Crippen molar-refractivity contribution in [3.8, 4) is 5.75 Å². The van der Waals surface area contributed by atoms with Gasteiger partial charge in [0.2, 0.25) is 5.91 Å². The fourth-order valence-corrected chi connectivity index (χ4v) is 5.18. The largest absolute Gasteiger partial charge is 0.489 e. The predicted molar refractivity (Wildman–Crippen MR) is 140 cm³/mol. The number of carbonyl (C=O) groups excluding carboxylic acids is 1. The molecule has 1 saturated carbocycles. The number of amides is 1. The van der Waals surface area contributed by atoms with Crippen LogP contribution in [0.25, 0.3) is 10.9 Å². The molecular weight excluding hydrogens is 480 g/mol. The molecular formula is C26H31ClN6O3. The number of aromatic nitrogens is 3. The van der Waals surface area contributed by atoms with E-state index in [0.717, 1.165) is 49.8 Å². The molecule has 0 radical (unpaired) electrons. The fourth-order valence-electron chi connectivity index (χ4n) is 4.95. The highest BCUT2D eigenvalue weighted by Crippen LogP contribution is 2.33. The second kappa shape index (κ2) is 11.3. The van der Waals surface area contributed by atoms with Crippen molar-refractivity contribution < 1.29 is 14.6 Å². The molecule has 3 aromatic rings. The van der Waals surface area contributed by atoms with Crippen molar-refractivity contribution in [2.24, 2.45) is 5.92 Å². The Kier molecular flexibility index (Phi) is 7.67. The van der Waals surface area contributed by atoms with Crippen LogP contribution in [0.2, 0.25) is 5.02 Å². The predicted octanol–water partition coefficient (Wildman–Crippen LogP) is 4.39. The van der Waals surface area contributed by atoms with E-state index in [4.69, 9.17) is 21.4 Å². The standard InChI is InChI=1S/C26H31ClN6O3/c27-21-13-18(32-25-20-14-24(28-9-12-34)29-15-22(20)30-16-31-25)5-6-23(21)36-19-7-10-33(11-8-19)26(35)17-3-1-2-4-17/h5-6,13-17,19,34H,1-4,7-12H2,(H,28,29)(H,30,31,32). The number of hydrogen-bond donors (Lipinski definition) is 3. The Balaban J connectivity index is 1.21. The molecule has 1 saturated heterocycles. The van der Waals surface area contributed by atoms with Gasteiger partial charge in [-0.25, -0.2) is 15.0 Å². The molecule has 1 amide bonds. The second-order valence-electron chi connectivity index (χ2n) is 9.35. The van der Waals surface area contributed by atoms with Gasteiger partial charge in [-0.2, -0.15) is 0 Å². The minimum absolute atomic E-state index is 0.0146. The number of carbonyl (C=O) groups is 1. The Morgan fingerprint density at radius 2 is 1.92 bits per heavy atom. The van der Waals surface area contributed by atoms with E-state index in [-0.39, 0.29) is 18.6 Å². The molecule has 0 atom stereocenters. The summed E-state index contributed by atoms with van der Waals surface area (Å²) in [7, 11) is 0. The van der Waals surface area contributed by atoms with Gasteiger partial charge in [0.25, 0.3) is 0 Å². The highest BCUT2D eigenvalue weighted by molar-refractivity contribution is 6.32. The molecule has 2 aliphatic rings. The van der Waals surface area contributed by atoms with Crippen LogP contribution >= 0.6 is 11.6 Å². The Morgan fingerprint density at radius 1 is 1.11 bits per heavy atom. The van der Waals surface area contributed by atoms with Gasteiger partial charge in [0, 0.05) is 49.5 Å². The molecule has 2 aromatic heterocycles. The first kappa shape index (κ1) is 24.5. The van der Waals surface area contributed by atoms with Gasteiger partial charge >= 0.3 is 0 Å². The van der Waals surface area contributed by atoms with Crippen LogP contribution in [0.4, 0.5) is 17.3 Å². The van der Waals surface area contributed by atoms with E-state index in [1.807, 2.05) is 29.2 Å². The zero-order chi connectivity index (χ0) is 24.9. The first-order valence-electron chi connectivity index (χ1n) is 12.6. The summed E-state index contributed by atoms with van der Waals surface area (Å²) in [6.07, 6.45) is 9.22. The SMILES string of the molecule is O=C(C1CCCC1)N1CCC(Oc2ccc(Nc3ncnc4cnc(NCCO)cc34)cc2Cl)CC1. The van der Waals surface area contributed by atoms with Crippen LogP contribution < -0.4 is 15.4 Å². The molecule has 3 heterocycles. The third-order valence-electron chi connectivity index (χ3n) is 6.89. The van der Waals surface area contributed by atoms with Crippen molar-refractivity contribution in [2.45, 2.75) is 44.6 Å². The maximum Gasteiger partial charge on any atom is 0.225 e. The van der Waals surface area contributed by atoms with E-state index >= 15 is 0 Å². The van der Waals surface area contributed by atoms with Crippen LogP contribution in [-0.4, -0.2) is 63.2 Å². The summed E-state index contributed by atoms with van der Waals surface area (Å²) in [5, 5.41) is 16.7. The van der Waals surface area contributed by atoms with Crippen molar-refractivity contribution in [1.82, 2.24) is 19.9 Å². The van der Waals surface area contributed by atoms with Crippen molar-refractivity contribution >= 4 is 45.7 Å². The Labute approximate surface area is 215 Å². The van der Waals surface area contributed by atoms with E-state index in [0.29, 0.717) is 40.4 Å². The maximum absolute atomic E-state index is 12.7. The van der Waals surface area contributed by atoms with E-state index in [1.54, 1.807) is 6.20 Å². The number of ether oxygens (including phenoxy) is 1. The molecule has 10 heteroatoms. The van der Waals surface area contributed by atoms with Crippen molar-refractivity contribution in [1.29, 1.82) is 0 Å². The molecule has 1 aliphatic carbocycles. The summed E-state index contributed by atoms with van der Waals surface area (Å²) < 4.78 is 6.21. The monoisotopic (exact) mass is 510 g/mol. The number of nitrogens with one attached hydrogen (secondary N) is 2. The first-order chi connectivity index (χ1) is 17.6. The number of fused-ring (bicyclic) bond motifs is 1. The van der Waals surface area contributed by atoms with Gasteiger partial charge in [-0.05, 0) is 37.1 Å². The van der Waals surface area contributed by atoms with Gasteiger partial charge < -0.3 is 25.4 Å². The summed E-state index contributed by atoms with van der Waals surface area (Å²) in [5.41, 5.74) is 1.47. The number of nitrogens with zero attached hydrogens (tertiary/aromatic N) is 4. The van der Waals surface area contributed by atoms with E-state index in [1.165, 1.54) is 19.2 Å². The lowest BCUT2D eigenvalue weighted by atomic mass is 10.0. The minimum Gasteiger partial charge on any atom is -0.489 e. The minimum atomic E-state index is 0.0146. The zero-order valence-corrected chi connectivity index (χ0v) is 20.9. The number of likely N-dealkylation sites (tertiary alicyclic amines) is 1. The highest BCUT2D eigenvalue weighted by atomic mass is 35.5. The number of rotatable bonds is 8. The van der Waals surface area contributed by atoms with Gasteiger partial charge in [-0.1, -0.05) is 24.4 Å². The lowest BCUT2D eigenvalue weighted by Crippen LogP contribution is -2.44. The van der Waals surface area contributed by atoms with Gasteiger partial charge in [0.1, 0.15) is 29.8 Å². The molecule has 0 spiro atoms. The Morgan fingerprint density at radius 3 is 2.67 bits per heavy atom. The normalized spacial score (nSPS) is 16.9. The van der Waals surface area contributed by atoms with E-state index in [9.17, 15) is 4.79 Å². The van der Waals surface area contributed by atoms with Gasteiger partial charge in [-0.3, -0.25) is 4.79 Å². The lowest BCUT2D eigenvalue weighted by Gasteiger charge is -2.33. The molecule has 0 bridgehead atoms. The molecule has 1 aliphatic heterocycles. The molecule has 36 heavy (non-hydrogen) atoms. The number of aliphatic hydroxyl groups is 1. The number of hydrogen-bond acceptors (Lipinski definition) is 8. The number of aliphatic hydroxyl groups excluding tert-OH is 1.